The van der Waals surface area contributed by atoms with Gasteiger partial charge in [0, 0.05) is 12.1 Å². The van der Waals surface area contributed by atoms with Gasteiger partial charge >= 0.3 is 0 Å². The van der Waals surface area contributed by atoms with Gasteiger partial charge in [-0.25, -0.2) is 0 Å². The zero-order valence-electron chi connectivity index (χ0n) is 8.49. The molecule has 4 N–H and O–H groups in total. The molecule has 4 nitrogen and oxygen atoms in total. The first-order chi connectivity index (χ1) is 7.22. The van der Waals surface area contributed by atoms with Crippen LogP contribution in [-0.4, -0.2) is 12.2 Å². The molecule has 0 aliphatic heterocycles. The summed E-state index contributed by atoms with van der Waals surface area (Å²) in [4.78, 5) is 10.1. The normalized spacial score (nSPS) is 9.60. The second-order valence-corrected chi connectivity index (χ2v) is 3.29. The van der Waals surface area contributed by atoms with Crippen LogP contribution in [0.4, 0.5) is 5.69 Å². The summed E-state index contributed by atoms with van der Waals surface area (Å²) in [5.74, 6) is -0.0660. The van der Waals surface area contributed by atoms with Crippen molar-refractivity contribution < 1.29 is 4.79 Å². The minimum Gasteiger partial charge on any atom is -0.370 e. The van der Waals surface area contributed by atoms with Crippen molar-refractivity contribution >= 4 is 17.9 Å². The third kappa shape index (κ3) is 4.26. The van der Waals surface area contributed by atoms with Crippen LogP contribution in [-0.2, 0) is 11.2 Å². The Kier molecular flexibility index (Phi) is 4.34. The van der Waals surface area contributed by atoms with E-state index in [0.717, 1.165) is 24.8 Å². The highest BCUT2D eigenvalue weighted by Crippen LogP contribution is 2.10. The van der Waals surface area contributed by atoms with E-state index in [1.807, 2.05) is 24.3 Å². The minimum absolute atomic E-state index is 0.0660. The number of guanidine groups is 1. The molecule has 4 heteroatoms. The number of carbonyl (C=O) groups is 1. The molecule has 0 radical (unpaired) electrons. The van der Waals surface area contributed by atoms with Crippen molar-refractivity contribution in [2.24, 2.45) is 5.73 Å². The number of hydrogen-bond donors (Lipinski definition) is 3. The summed E-state index contributed by atoms with van der Waals surface area (Å²) in [5, 5.41) is 9.75. The number of rotatable bonds is 5. The third-order valence-electron chi connectivity index (χ3n) is 2.02. The molecule has 0 bridgehead atoms. The molecule has 1 rings (SSSR count). The Balaban J connectivity index is 2.48. The van der Waals surface area contributed by atoms with Gasteiger partial charge in [-0.3, -0.25) is 5.41 Å². The standard InChI is InChI=1S/C11H15N3O/c12-11(13)14-10-6-4-9(5-7-10)3-1-2-8-15/h4-8H,1-3H2,(H4,12,13,14). The molecule has 0 aliphatic carbocycles. The Labute approximate surface area is 89.0 Å². The van der Waals surface area contributed by atoms with Crippen LogP contribution in [0.15, 0.2) is 24.3 Å². The first-order valence-corrected chi connectivity index (χ1v) is 4.86. The Morgan fingerprint density at radius 2 is 2.07 bits per heavy atom. The van der Waals surface area contributed by atoms with Crippen molar-refractivity contribution in [2.75, 3.05) is 5.32 Å². The largest absolute Gasteiger partial charge is 0.370 e. The summed E-state index contributed by atoms with van der Waals surface area (Å²) < 4.78 is 0. The molecule has 0 fully saturated rings. The lowest BCUT2D eigenvalue weighted by Gasteiger charge is -2.04. The predicted octanol–water partition coefficient (Wildman–Crippen LogP) is 1.51. The van der Waals surface area contributed by atoms with E-state index >= 15 is 0 Å². The maximum atomic E-state index is 10.1. The van der Waals surface area contributed by atoms with Crippen molar-refractivity contribution in [2.45, 2.75) is 19.3 Å². The average Bonchev–Trinajstić information content (AvgIpc) is 2.20. The van der Waals surface area contributed by atoms with Gasteiger partial charge in [0.25, 0.3) is 0 Å². The molecule has 0 heterocycles. The molecule has 0 amide bonds. The van der Waals surface area contributed by atoms with Crippen LogP contribution in [0.3, 0.4) is 0 Å². The number of nitrogens with one attached hydrogen (secondary N) is 2. The lowest BCUT2D eigenvalue weighted by Crippen LogP contribution is -2.20. The number of unbranched alkanes of at least 4 members (excludes halogenated alkanes) is 1. The van der Waals surface area contributed by atoms with E-state index in [4.69, 9.17) is 11.1 Å². The van der Waals surface area contributed by atoms with Gasteiger partial charge < -0.3 is 15.8 Å². The van der Waals surface area contributed by atoms with E-state index in [0.29, 0.717) is 6.42 Å². The van der Waals surface area contributed by atoms with Crippen molar-refractivity contribution in [1.82, 2.24) is 0 Å². The second-order valence-electron chi connectivity index (χ2n) is 3.29. The molecular weight excluding hydrogens is 190 g/mol. The first-order valence-electron chi connectivity index (χ1n) is 4.86. The minimum atomic E-state index is -0.0660. The summed E-state index contributed by atoms with van der Waals surface area (Å²) in [6.07, 6.45) is 3.32. The maximum absolute atomic E-state index is 10.1. The highest BCUT2D eigenvalue weighted by molar-refractivity contribution is 5.89. The van der Waals surface area contributed by atoms with Gasteiger partial charge in [0.2, 0.25) is 0 Å². The highest BCUT2D eigenvalue weighted by atomic mass is 16.1. The number of carbonyl (C=O) groups excluding carboxylic acids is 1. The summed E-state index contributed by atoms with van der Waals surface area (Å²) in [6.45, 7) is 0. The van der Waals surface area contributed by atoms with Crippen LogP contribution in [0, 0.1) is 5.41 Å². The monoisotopic (exact) mass is 205 g/mol. The molecule has 15 heavy (non-hydrogen) atoms. The quantitative estimate of drug-likeness (QED) is 0.295. The van der Waals surface area contributed by atoms with E-state index in [-0.39, 0.29) is 5.96 Å². The highest BCUT2D eigenvalue weighted by Gasteiger charge is 1.95. The number of aldehydes is 1. The molecule has 0 unspecified atom stereocenters. The molecule has 0 saturated heterocycles. The van der Waals surface area contributed by atoms with Crippen LogP contribution in [0.25, 0.3) is 0 Å². The lowest BCUT2D eigenvalue weighted by molar-refractivity contribution is -0.107. The predicted molar refractivity (Wildman–Crippen MR) is 61.0 cm³/mol. The summed E-state index contributed by atoms with van der Waals surface area (Å²) in [7, 11) is 0. The molecule has 0 aliphatic rings. The Morgan fingerprint density at radius 1 is 1.40 bits per heavy atom. The molecule has 1 aromatic rings. The molecule has 80 valence electrons. The molecule has 0 atom stereocenters. The molecule has 0 spiro atoms. The lowest BCUT2D eigenvalue weighted by atomic mass is 10.1. The molecule has 0 saturated carbocycles. The van der Waals surface area contributed by atoms with Crippen LogP contribution in [0.5, 0.6) is 0 Å². The fraction of sp³-hybridized carbons (Fsp3) is 0.273. The van der Waals surface area contributed by atoms with Gasteiger partial charge in [-0.2, -0.15) is 0 Å². The number of nitrogens with two attached hydrogens (primary N) is 1. The number of anilines is 1. The van der Waals surface area contributed by atoms with Crippen molar-refractivity contribution in [1.29, 1.82) is 5.41 Å². The summed E-state index contributed by atoms with van der Waals surface area (Å²) in [6, 6.07) is 7.68. The van der Waals surface area contributed by atoms with E-state index in [1.165, 1.54) is 5.56 Å². The van der Waals surface area contributed by atoms with Gasteiger partial charge in [0.1, 0.15) is 6.29 Å². The number of aryl methyl sites for hydroxylation is 1. The van der Waals surface area contributed by atoms with E-state index in [2.05, 4.69) is 5.32 Å². The number of benzene rings is 1. The second kappa shape index (κ2) is 5.80. The fourth-order valence-electron chi connectivity index (χ4n) is 1.30. The van der Waals surface area contributed by atoms with Gasteiger partial charge in [0.05, 0.1) is 0 Å². The molecular formula is C11H15N3O. The van der Waals surface area contributed by atoms with Crippen LogP contribution < -0.4 is 11.1 Å². The Bertz CT molecular complexity index is 332. The zero-order valence-corrected chi connectivity index (χ0v) is 8.49. The van der Waals surface area contributed by atoms with E-state index < -0.39 is 0 Å². The van der Waals surface area contributed by atoms with Crippen LogP contribution in [0.1, 0.15) is 18.4 Å². The van der Waals surface area contributed by atoms with Gasteiger partial charge in [0.15, 0.2) is 5.96 Å². The van der Waals surface area contributed by atoms with E-state index in [1.54, 1.807) is 0 Å². The number of hydrogen-bond acceptors (Lipinski definition) is 2. The third-order valence-corrected chi connectivity index (χ3v) is 2.02. The van der Waals surface area contributed by atoms with Gasteiger partial charge in [-0.1, -0.05) is 12.1 Å². The summed E-state index contributed by atoms with van der Waals surface area (Å²) >= 11 is 0. The average molecular weight is 205 g/mol. The Morgan fingerprint density at radius 3 is 2.60 bits per heavy atom. The van der Waals surface area contributed by atoms with E-state index in [9.17, 15) is 4.79 Å². The smallest absolute Gasteiger partial charge is 0.190 e. The molecule has 1 aromatic carbocycles. The Hall–Kier alpha value is -1.84. The SMILES string of the molecule is N=C(N)Nc1ccc(CCCC=O)cc1. The van der Waals surface area contributed by atoms with Gasteiger partial charge in [-0.05, 0) is 30.5 Å². The first kappa shape index (κ1) is 11.2. The van der Waals surface area contributed by atoms with Crippen molar-refractivity contribution in [3.05, 3.63) is 29.8 Å². The van der Waals surface area contributed by atoms with Crippen LogP contribution in [0.2, 0.25) is 0 Å². The van der Waals surface area contributed by atoms with Crippen molar-refractivity contribution in [3.8, 4) is 0 Å². The maximum Gasteiger partial charge on any atom is 0.190 e. The molecule has 0 aromatic heterocycles. The van der Waals surface area contributed by atoms with Crippen molar-refractivity contribution in [3.63, 3.8) is 0 Å². The van der Waals surface area contributed by atoms with Gasteiger partial charge in [-0.15, -0.1) is 0 Å². The topological polar surface area (TPSA) is 79.0 Å². The fourth-order valence-corrected chi connectivity index (χ4v) is 1.30. The zero-order chi connectivity index (χ0) is 11.1. The van der Waals surface area contributed by atoms with Crippen LogP contribution >= 0.6 is 0 Å². The summed E-state index contributed by atoms with van der Waals surface area (Å²) in [5.41, 5.74) is 7.19.